The quantitative estimate of drug-likeness (QED) is 0.714. The van der Waals surface area contributed by atoms with E-state index in [2.05, 4.69) is 26.1 Å². The van der Waals surface area contributed by atoms with Gasteiger partial charge in [-0.05, 0) is 49.9 Å². The molecule has 2 aliphatic carbocycles. The lowest BCUT2D eigenvalue weighted by atomic mass is 9.81. The molecule has 0 bridgehead atoms. The summed E-state index contributed by atoms with van der Waals surface area (Å²) in [6.07, 6.45) is 10.1. The molecule has 1 heteroatoms. The van der Waals surface area contributed by atoms with Crippen molar-refractivity contribution in [2.24, 2.45) is 17.8 Å². The molecule has 0 spiro atoms. The summed E-state index contributed by atoms with van der Waals surface area (Å²) in [7, 11) is 0. The molecule has 2 saturated carbocycles. The minimum absolute atomic E-state index is 0.834. The molecule has 0 aromatic carbocycles. The zero-order chi connectivity index (χ0) is 11.5. The van der Waals surface area contributed by atoms with E-state index in [0.29, 0.717) is 0 Å². The van der Waals surface area contributed by atoms with E-state index in [0.717, 1.165) is 29.8 Å². The van der Waals surface area contributed by atoms with Crippen LogP contribution in [-0.4, -0.2) is 12.1 Å². The Bertz CT molecular complexity index is 205. The Morgan fingerprint density at radius 2 is 1.69 bits per heavy atom. The fourth-order valence-electron chi connectivity index (χ4n) is 3.54. The normalized spacial score (nSPS) is 40.5. The van der Waals surface area contributed by atoms with Crippen LogP contribution in [0.2, 0.25) is 0 Å². The molecular weight excluding hydrogens is 194 g/mol. The molecule has 0 saturated heterocycles. The second-order valence-electron chi connectivity index (χ2n) is 6.65. The highest BCUT2D eigenvalue weighted by atomic mass is 15.0. The number of nitrogens with one attached hydrogen (secondary N) is 1. The van der Waals surface area contributed by atoms with E-state index in [1.54, 1.807) is 0 Å². The van der Waals surface area contributed by atoms with Gasteiger partial charge in [-0.1, -0.05) is 33.6 Å². The number of hydrogen-bond acceptors (Lipinski definition) is 1. The lowest BCUT2D eigenvalue weighted by molar-refractivity contribution is 0.214. The predicted octanol–water partition coefficient (Wildman–Crippen LogP) is 3.98. The Hall–Kier alpha value is -0.0400. The molecule has 0 radical (unpaired) electrons. The van der Waals surface area contributed by atoms with E-state index >= 15 is 0 Å². The van der Waals surface area contributed by atoms with Crippen LogP contribution in [0.4, 0.5) is 0 Å². The summed E-state index contributed by atoms with van der Waals surface area (Å²) < 4.78 is 0. The molecule has 0 aromatic heterocycles. The van der Waals surface area contributed by atoms with Crippen LogP contribution in [0.5, 0.6) is 0 Å². The molecule has 0 amide bonds. The van der Waals surface area contributed by atoms with E-state index in [9.17, 15) is 0 Å². The van der Waals surface area contributed by atoms with Crippen molar-refractivity contribution >= 4 is 0 Å². The van der Waals surface area contributed by atoms with E-state index in [1.807, 2.05) is 0 Å². The molecule has 2 aliphatic rings. The van der Waals surface area contributed by atoms with Gasteiger partial charge in [0.25, 0.3) is 0 Å². The fourth-order valence-corrected chi connectivity index (χ4v) is 3.54. The van der Waals surface area contributed by atoms with Gasteiger partial charge < -0.3 is 5.32 Å². The first kappa shape index (κ1) is 12.4. The van der Waals surface area contributed by atoms with Crippen molar-refractivity contribution < 1.29 is 0 Å². The van der Waals surface area contributed by atoms with E-state index in [-0.39, 0.29) is 0 Å². The Balaban J connectivity index is 1.71. The Kier molecular flexibility index (Phi) is 4.29. The van der Waals surface area contributed by atoms with Crippen molar-refractivity contribution in [2.75, 3.05) is 0 Å². The smallest absolute Gasteiger partial charge is 0.00747 e. The first-order valence-corrected chi connectivity index (χ1v) is 7.41. The van der Waals surface area contributed by atoms with Gasteiger partial charge in [0, 0.05) is 12.1 Å². The summed E-state index contributed by atoms with van der Waals surface area (Å²) in [5.41, 5.74) is 0. The van der Waals surface area contributed by atoms with Gasteiger partial charge in [-0.15, -0.1) is 0 Å². The molecule has 1 nitrogen and oxygen atoms in total. The maximum Gasteiger partial charge on any atom is 0.00747 e. The lowest BCUT2D eigenvalue weighted by Crippen LogP contribution is -2.45. The minimum Gasteiger partial charge on any atom is -0.311 e. The average Bonchev–Trinajstić information content (AvgIpc) is 2.41. The van der Waals surface area contributed by atoms with Crippen LogP contribution in [0.1, 0.15) is 65.7 Å². The molecule has 0 heterocycles. The second-order valence-corrected chi connectivity index (χ2v) is 6.65. The largest absolute Gasteiger partial charge is 0.311 e. The summed E-state index contributed by atoms with van der Waals surface area (Å²) in [6.45, 7) is 7.16. The average molecular weight is 223 g/mol. The van der Waals surface area contributed by atoms with Gasteiger partial charge in [0.05, 0.1) is 0 Å². The van der Waals surface area contributed by atoms with Crippen LogP contribution >= 0.6 is 0 Å². The van der Waals surface area contributed by atoms with Gasteiger partial charge in [0.15, 0.2) is 0 Å². The third kappa shape index (κ3) is 3.23. The first-order valence-electron chi connectivity index (χ1n) is 7.41. The SMILES string of the molecule is CC1CC(NC2CCCC(C(C)C)CC2)C1. The van der Waals surface area contributed by atoms with Crippen molar-refractivity contribution in [1.29, 1.82) is 0 Å². The Morgan fingerprint density at radius 1 is 0.938 bits per heavy atom. The van der Waals surface area contributed by atoms with Crippen LogP contribution in [0.15, 0.2) is 0 Å². The fraction of sp³-hybridized carbons (Fsp3) is 1.00. The van der Waals surface area contributed by atoms with Crippen molar-refractivity contribution in [3.63, 3.8) is 0 Å². The molecule has 0 aromatic rings. The maximum atomic E-state index is 3.89. The highest BCUT2D eigenvalue weighted by molar-refractivity contribution is 4.86. The summed E-state index contributed by atoms with van der Waals surface area (Å²) in [6, 6.07) is 1.69. The van der Waals surface area contributed by atoms with Gasteiger partial charge >= 0.3 is 0 Å². The minimum atomic E-state index is 0.834. The summed E-state index contributed by atoms with van der Waals surface area (Å²) in [5.74, 6) is 2.86. The zero-order valence-electron chi connectivity index (χ0n) is 11.3. The molecule has 2 rings (SSSR count). The van der Waals surface area contributed by atoms with E-state index in [4.69, 9.17) is 0 Å². The van der Waals surface area contributed by atoms with Crippen molar-refractivity contribution in [3.8, 4) is 0 Å². The third-order valence-corrected chi connectivity index (χ3v) is 4.80. The molecule has 94 valence electrons. The molecular formula is C15H29N. The molecule has 16 heavy (non-hydrogen) atoms. The Labute approximate surface area is 101 Å². The summed E-state index contributed by atoms with van der Waals surface area (Å²) >= 11 is 0. The Morgan fingerprint density at radius 3 is 2.31 bits per heavy atom. The monoisotopic (exact) mass is 223 g/mol. The van der Waals surface area contributed by atoms with Gasteiger partial charge in [-0.3, -0.25) is 0 Å². The topological polar surface area (TPSA) is 12.0 Å². The van der Waals surface area contributed by atoms with Gasteiger partial charge in [0.1, 0.15) is 0 Å². The van der Waals surface area contributed by atoms with Crippen LogP contribution in [0.25, 0.3) is 0 Å². The molecule has 0 aliphatic heterocycles. The number of rotatable bonds is 3. The second kappa shape index (κ2) is 5.53. The van der Waals surface area contributed by atoms with Gasteiger partial charge in [0.2, 0.25) is 0 Å². The summed E-state index contributed by atoms with van der Waals surface area (Å²) in [4.78, 5) is 0. The molecule has 2 unspecified atom stereocenters. The third-order valence-electron chi connectivity index (χ3n) is 4.80. The molecule has 1 N–H and O–H groups in total. The highest BCUT2D eigenvalue weighted by Crippen LogP contribution is 2.31. The lowest BCUT2D eigenvalue weighted by Gasteiger charge is -2.36. The predicted molar refractivity (Wildman–Crippen MR) is 70.5 cm³/mol. The molecule has 2 fully saturated rings. The molecule has 2 atom stereocenters. The van der Waals surface area contributed by atoms with E-state index in [1.165, 1.54) is 44.9 Å². The van der Waals surface area contributed by atoms with Gasteiger partial charge in [-0.2, -0.15) is 0 Å². The zero-order valence-corrected chi connectivity index (χ0v) is 11.3. The van der Waals surface area contributed by atoms with Crippen molar-refractivity contribution in [1.82, 2.24) is 5.32 Å². The summed E-state index contributed by atoms with van der Waals surface area (Å²) in [5, 5.41) is 3.89. The standard InChI is InChI=1S/C15H29N/c1-11(2)13-5-4-6-14(8-7-13)16-15-9-12(3)10-15/h11-16H,4-10H2,1-3H3. The van der Waals surface area contributed by atoms with E-state index < -0.39 is 0 Å². The highest BCUT2D eigenvalue weighted by Gasteiger charge is 2.28. The van der Waals surface area contributed by atoms with Crippen LogP contribution in [-0.2, 0) is 0 Å². The van der Waals surface area contributed by atoms with Crippen LogP contribution < -0.4 is 5.32 Å². The maximum absolute atomic E-state index is 3.89. The van der Waals surface area contributed by atoms with Gasteiger partial charge in [-0.25, -0.2) is 0 Å². The first-order chi connectivity index (χ1) is 7.65. The van der Waals surface area contributed by atoms with Crippen molar-refractivity contribution in [3.05, 3.63) is 0 Å². The van der Waals surface area contributed by atoms with Crippen LogP contribution in [0.3, 0.4) is 0 Å². The van der Waals surface area contributed by atoms with Crippen LogP contribution in [0, 0.1) is 17.8 Å². The van der Waals surface area contributed by atoms with Crippen molar-refractivity contribution in [2.45, 2.75) is 77.8 Å². The number of hydrogen-bond donors (Lipinski definition) is 1.